The van der Waals surface area contributed by atoms with Gasteiger partial charge in [-0.25, -0.2) is 8.42 Å². The van der Waals surface area contributed by atoms with E-state index in [9.17, 15) is 13.2 Å². The molecule has 2 aromatic rings. The molecule has 1 aliphatic heterocycles. The number of thiophene rings is 1. The van der Waals surface area contributed by atoms with E-state index in [4.69, 9.17) is 16.1 Å². The van der Waals surface area contributed by atoms with Gasteiger partial charge in [-0.15, -0.1) is 11.3 Å². The van der Waals surface area contributed by atoms with Crippen LogP contribution in [0.3, 0.4) is 0 Å². The second-order valence-electron chi connectivity index (χ2n) is 5.15. The zero-order valence-corrected chi connectivity index (χ0v) is 14.5. The van der Waals surface area contributed by atoms with Crippen molar-refractivity contribution >= 4 is 44.8 Å². The average molecular weight is 376 g/mol. The first-order valence-corrected chi connectivity index (χ1v) is 9.53. The largest absolute Gasteiger partial charge is 0.338 e. The summed E-state index contributed by atoms with van der Waals surface area (Å²) in [4.78, 5) is 12.4. The van der Waals surface area contributed by atoms with Crippen molar-refractivity contribution in [3.8, 4) is 0 Å². The number of amides is 1. The number of rotatable bonds is 4. The van der Waals surface area contributed by atoms with E-state index < -0.39 is 22.0 Å². The van der Waals surface area contributed by atoms with Crippen molar-refractivity contribution in [3.63, 3.8) is 0 Å². The Bertz CT molecular complexity index is 830. The van der Waals surface area contributed by atoms with E-state index in [1.54, 1.807) is 13.0 Å². The molecule has 2 aromatic heterocycles. The highest BCUT2D eigenvalue weighted by molar-refractivity contribution is 7.91. The molecule has 10 heteroatoms. The van der Waals surface area contributed by atoms with E-state index in [-0.39, 0.29) is 10.1 Å². The van der Waals surface area contributed by atoms with E-state index in [1.165, 1.54) is 16.4 Å². The van der Waals surface area contributed by atoms with Gasteiger partial charge in [0.2, 0.25) is 11.8 Å². The first kappa shape index (κ1) is 16.4. The molecule has 0 bridgehead atoms. The van der Waals surface area contributed by atoms with E-state index in [0.29, 0.717) is 29.4 Å². The zero-order valence-electron chi connectivity index (χ0n) is 12.2. The first-order valence-electron chi connectivity index (χ1n) is 6.89. The number of carbonyl (C=O) groups is 1. The summed E-state index contributed by atoms with van der Waals surface area (Å²) in [7, 11) is -3.74. The van der Waals surface area contributed by atoms with Crippen LogP contribution in [0.1, 0.15) is 18.5 Å². The summed E-state index contributed by atoms with van der Waals surface area (Å²) in [5.41, 5.74) is 0.629. The lowest BCUT2D eigenvalue weighted by molar-refractivity contribution is -0.119. The van der Waals surface area contributed by atoms with Gasteiger partial charge in [-0.3, -0.25) is 10.1 Å². The maximum atomic E-state index is 12.7. The molecule has 0 saturated carbocycles. The van der Waals surface area contributed by atoms with Crippen LogP contribution in [0.25, 0.3) is 0 Å². The molecule has 1 N–H and O–H groups in total. The average Bonchev–Trinajstić information content (AvgIpc) is 3.19. The number of aromatic nitrogens is 1. The van der Waals surface area contributed by atoms with Crippen molar-refractivity contribution in [1.82, 2.24) is 9.46 Å². The number of nitrogens with one attached hydrogen (secondary N) is 1. The van der Waals surface area contributed by atoms with E-state index in [0.717, 1.165) is 11.3 Å². The van der Waals surface area contributed by atoms with Crippen LogP contribution in [0.2, 0.25) is 4.34 Å². The second kappa shape index (κ2) is 6.23. The quantitative estimate of drug-likeness (QED) is 0.886. The fourth-order valence-corrected chi connectivity index (χ4v) is 5.74. The number of hydrogen-bond donors (Lipinski definition) is 1. The van der Waals surface area contributed by atoms with Gasteiger partial charge in [0.1, 0.15) is 10.3 Å². The molecule has 7 nitrogen and oxygen atoms in total. The second-order valence-corrected chi connectivity index (χ2v) is 8.99. The number of anilines is 1. The van der Waals surface area contributed by atoms with Crippen LogP contribution in [0.5, 0.6) is 0 Å². The molecule has 1 amide bonds. The highest BCUT2D eigenvalue weighted by atomic mass is 35.5. The van der Waals surface area contributed by atoms with Gasteiger partial charge in [0.15, 0.2) is 0 Å². The molecule has 1 unspecified atom stereocenters. The van der Waals surface area contributed by atoms with Crippen LogP contribution in [0, 0.1) is 6.92 Å². The minimum atomic E-state index is -3.74. The summed E-state index contributed by atoms with van der Waals surface area (Å²) in [6.45, 7) is 2.03. The van der Waals surface area contributed by atoms with E-state index in [2.05, 4.69) is 10.5 Å². The summed E-state index contributed by atoms with van der Waals surface area (Å²) in [5.74, 6) is -0.221. The van der Waals surface area contributed by atoms with Crippen LogP contribution in [0.15, 0.2) is 26.9 Å². The third kappa shape index (κ3) is 3.27. The minimum absolute atomic E-state index is 0.137. The molecule has 3 heterocycles. The van der Waals surface area contributed by atoms with Crippen LogP contribution in [0.4, 0.5) is 5.88 Å². The molecule has 0 aliphatic carbocycles. The van der Waals surface area contributed by atoms with Crippen molar-refractivity contribution in [2.45, 2.75) is 30.0 Å². The van der Waals surface area contributed by atoms with E-state index >= 15 is 0 Å². The Balaban J connectivity index is 1.81. The van der Waals surface area contributed by atoms with Crippen molar-refractivity contribution in [3.05, 3.63) is 28.2 Å². The number of hydrogen-bond acceptors (Lipinski definition) is 6. The molecule has 0 spiro atoms. The van der Waals surface area contributed by atoms with Gasteiger partial charge in [0.25, 0.3) is 10.0 Å². The normalized spacial score (nSPS) is 19.1. The van der Waals surface area contributed by atoms with Crippen molar-refractivity contribution < 1.29 is 17.7 Å². The number of carbonyl (C=O) groups excluding carboxylic acids is 1. The minimum Gasteiger partial charge on any atom is -0.338 e. The van der Waals surface area contributed by atoms with Gasteiger partial charge in [0, 0.05) is 12.6 Å². The Morgan fingerprint density at radius 1 is 1.52 bits per heavy atom. The highest BCUT2D eigenvalue weighted by Gasteiger charge is 2.40. The predicted octanol–water partition coefficient (Wildman–Crippen LogP) is 2.49. The topological polar surface area (TPSA) is 92.5 Å². The van der Waals surface area contributed by atoms with Crippen LogP contribution >= 0.6 is 22.9 Å². The third-order valence-corrected chi connectivity index (χ3v) is 7.10. The van der Waals surface area contributed by atoms with Crippen molar-refractivity contribution in [2.75, 3.05) is 11.9 Å². The monoisotopic (exact) mass is 375 g/mol. The smallest absolute Gasteiger partial charge is 0.253 e. The lowest BCUT2D eigenvalue weighted by Gasteiger charge is -2.22. The zero-order chi connectivity index (χ0) is 16.6. The Kier molecular flexibility index (Phi) is 4.45. The number of aryl methyl sites for hydroxylation is 1. The van der Waals surface area contributed by atoms with Crippen LogP contribution in [-0.4, -0.2) is 36.4 Å². The molecule has 3 rings (SSSR count). The van der Waals surface area contributed by atoms with Gasteiger partial charge in [-0.05, 0) is 31.9 Å². The molecule has 0 aromatic carbocycles. The fourth-order valence-electron chi connectivity index (χ4n) is 2.47. The van der Waals surface area contributed by atoms with Gasteiger partial charge in [-0.1, -0.05) is 16.8 Å². The van der Waals surface area contributed by atoms with Gasteiger partial charge in [0.05, 0.1) is 10.0 Å². The predicted molar refractivity (Wildman–Crippen MR) is 86.1 cm³/mol. The molecule has 1 atom stereocenters. The molecule has 0 radical (unpaired) electrons. The molecular weight excluding hydrogens is 362 g/mol. The highest BCUT2D eigenvalue weighted by Crippen LogP contribution is 2.32. The Morgan fingerprint density at radius 2 is 2.30 bits per heavy atom. The molecule has 124 valence electrons. The van der Waals surface area contributed by atoms with Gasteiger partial charge in [-0.2, -0.15) is 4.31 Å². The van der Waals surface area contributed by atoms with Crippen LogP contribution < -0.4 is 5.32 Å². The number of nitrogens with zero attached hydrogens (tertiary/aromatic N) is 2. The van der Waals surface area contributed by atoms with Gasteiger partial charge >= 0.3 is 0 Å². The lowest BCUT2D eigenvalue weighted by Crippen LogP contribution is -2.42. The molecule has 1 saturated heterocycles. The lowest BCUT2D eigenvalue weighted by atomic mass is 10.2. The molecule has 1 aliphatic rings. The third-order valence-electron chi connectivity index (χ3n) is 3.49. The fraction of sp³-hybridized carbons (Fsp3) is 0.385. The SMILES string of the molecule is Cc1cc(NC(=O)C2CCCN2S(=O)(=O)c2ccc(Cl)s2)on1. The molecule has 23 heavy (non-hydrogen) atoms. The number of sulfonamides is 1. The summed E-state index contributed by atoms with van der Waals surface area (Å²) in [6.07, 6.45) is 1.07. The number of halogens is 1. The summed E-state index contributed by atoms with van der Waals surface area (Å²) in [6, 6.07) is 3.79. The summed E-state index contributed by atoms with van der Waals surface area (Å²) < 4.78 is 32.0. The standard InChI is InChI=1S/C13H14ClN3O4S2/c1-8-7-11(21-16-8)15-13(18)9-3-2-6-17(9)23(19,20)12-5-4-10(14)22-12/h4-5,7,9H,2-3,6H2,1H3,(H,15,18). The Morgan fingerprint density at radius 3 is 2.91 bits per heavy atom. The Hall–Kier alpha value is -1.42. The van der Waals surface area contributed by atoms with Crippen molar-refractivity contribution in [2.24, 2.45) is 0 Å². The van der Waals surface area contributed by atoms with E-state index in [1.807, 2.05) is 0 Å². The molecule has 1 fully saturated rings. The maximum Gasteiger partial charge on any atom is 0.253 e. The Labute approximate surface area is 142 Å². The summed E-state index contributed by atoms with van der Waals surface area (Å²) >= 11 is 6.80. The van der Waals surface area contributed by atoms with Crippen LogP contribution in [-0.2, 0) is 14.8 Å². The van der Waals surface area contributed by atoms with Crippen molar-refractivity contribution in [1.29, 1.82) is 0 Å². The molecular formula is C13H14ClN3O4S2. The first-order chi connectivity index (χ1) is 10.9. The maximum absolute atomic E-state index is 12.7. The summed E-state index contributed by atoms with van der Waals surface area (Å²) in [5, 5.41) is 6.25. The van der Waals surface area contributed by atoms with Gasteiger partial charge < -0.3 is 4.52 Å².